The van der Waals surface area contributed by atoms with Crippen LogP contribution in [0.15, 0.2) is 54.6 Å². The summed E-state index contributed by atoms with van der Waals surface area (Å²) in [5, 5.41) is 3.37. The van der Waals surface area contributed by atoms with E-state index in [0.29, 0.717) is 13.0 Å². The molecule has 0 amide bonds. The Bertz CT molecular complexity index is 804. The summed E-state index contributed by atoms with van der Waals surface area (Å²) in [5.74, 6) is -0.0226. The standard InChI is InChI=1S/C19H23NO5S/c1-24-19(21)13-17(20-14-16-6-4-3-5-7-16)12-15-8-10-18(11-9-15)25-26(2,22)23/h3-11,17,20H,12-14H2,1-2H3. The molecule has 2 rings (SSSR count). The predicted octanol–water partition coefficient (Wildman–Crippen LogP) is 2.29. The van der Waals surface area contributed by atoms with Crippen molar-refractivity contribution < 1.29 is 22.1 Å². The first-order valence-electron chi connectivity index (χ1n) is 8.18. The van der Waals surface area contributed by atoms with E-state index in [1.54, 1.807) is 24.3 Å². The van der Waals surface area contributed by atoms with Crippen LogP contribution in [0.2, 0.25) is 0 Å². The Balaban J connectivity index is 2.01. The molecule has 2 aromatic carbocycles. The normalized spacial score (nSPS) is 12.4. The summed E-state index contributed by atoms with van der Waals surface area (Å²) in [7, 11) is -2.18. The van der Waals surface area contributed by atoms with Crippen molar-refractivity contribution in [1.29, 1.82) is 0 Å². The van der Waals surface area contributed by atoms with Gasteiger partial charge in [-0.1, -0.05) is 42.5 Å². The van der Waals surface area contributed by atoms with Gasteiger partial charge < -0.3 is 14.2 Å². The number of carbonyl (C=O) groups is 1. The van der Waals surface area contributed by atoms with Crippen LogP contribution >= 0.6 is 0 Å². The molecule has 0 bridgehead atoms. The third kappa shape index (κ3) is 7.25. The molecule has 0 aliphatic heterocycles. The van der Waals surface area contributed by atoms with Crippen molar-refractivity contribution >= 4 is 16.1 Å². The maximum Gasteiger partial charge on any atom is 0.307 e. The van der Waals surface area contributed by atoms with Gasteiger partial charge >= 0.3 is 16.1 Å². The monoisotopic (exact) mass is 377 g/mol. The fraction of sp³-hybridized carbons (Fsp3) is 0.316. The molecule has 0 aliphatic rings. The van der Waals surface area contributed by atoms with Gasteiger partial charge in [-0.25, -0.2) is 0 Å². The zero-order valence-corrected chi connectivity index (χ0v) is 15.7. The number of ether oxygens (including phenoxy) is 1. The Morgan fingerprint density at radius 3 is 2.27 bits per heavy atom. The summed E-state index contributed by atoms with van der Waals surface area (Å²) in [6.45, 7) is 0.637. The minimum absolute atomic E-state index is 0.107. The highest BCUT2D eigenvalue weighted by molar-refractivity contribution is 7.86. The first-order valence-corrected chi connectivity index (χ1v) is 10.00. The average molecular weight is 377 g/mol. The maximum absolute atomic E-state index is 11.7. The highest BCUT2D eigenvalue weighted by Crippen LogP contribution is 2.16. The van der Waals surface area contributed by atoms with E-state index in [9.17, 15) is 13.2 Å². The van der Waals surface area contributed by atoms with E-state index in [2.05, 4.69) is 5.32 Å². The molecular weight excluding hydrogens is 354 g/mol. The zero-order valence-electron chi connectivity index (χ0n) is 14.8. The van der Waals surface area contributed by atoms with E-state index in [4.69, 9.17) is 8.92 Å². The van der Waals surface area contributed by atoms with Crippen LogP contribution < -0.4 is 9.50 Å². The van der Waals surface area contributed by atoms with Gasteiger partial charge in [-0.15, -0.1) is 0 Å². The lowest BCUT2D eigenvalue weighted by Crippen LogP contribution is -2.33. The van der Waals surface area contributed by atoms with Crippen LogP contribution in [0.3, 0.4) is 0 Å². The van der Waals surface area contributed by atoms with Crippen molar-refractivity contribution in [2.75, 3.05) is 13.4 Å². The SMILES string of the molecule is COC(=O)CC(Cc1ccc(OS(C)(=O)=O)cc1)NCc1ccccc1. The molecule has 0 aromatic heterocycles. The highest BCUT2D eigenvalue weighted by Gasteiger charge is 2.15. The molecule has 6 nitrogen and oxygen atoms in total. The Hall–Kier alpha value is -2.38. The molecule has 1 N–H and O–H groups in total. The molecule has 26 heavy (non-hydrogen) atoms. The van der Waals surface area contributed by atoms with E-state index in [-0.39, 0.29) is 24.2 Å². The third-order valence-electron chi connectivity index (χ3n) is 3.73. The zero-order chi connectivity index (χ0) is 19.0. The molecule has 2 aromatic rings. The summed E-state index contributed by atoms with van der Waals surface area (Å²) in [4.78, 5) is 11.7. The third-order valence-corrected chi connectivity index (χ3v) is 4.23. The molecule has 140 valence electrons. The Morgan fingerprint density at radius 1 is 1.04 bits per heavy atom. The minimum atomic E-state index is -3.55. The second-order valence-electron chi connectivity index (χ2n) is 5.98. The van der Waals surface area contributed by atoms with Gasteiger partial charge in [-0.3, -0.25) is 4.79 Å². The van der Waals surface area contributed by atoms with Crippen molar-refractivity contribution in [2.24, 2.45) is 0 Å². The number of hydrogen-bond donors (Lipinski definition) is 1. The predicted molar refractivity (Wildman–Crippen MR) is 99.3 cm³/mol. The lowest BCUT2D eigenvalue weighted by molar-refractivity contribution is -0.141. The maximum atomic E-state index is 11.7. The van der Waals surface area contributed by atoms with Crippen LogP contribution in [0.4, 0.5) is 0 Å². The van der Waals surface area contributed by atoms with Crippen molar-refractivity contribution in [3.63, 3.8) is 0 Å². The number of nitrogens with one attached hydrogen (secondary N) is 1. The lowest BCUT2D eigenvalue weighted by atomic mass is 10.0. The number of methoxy groups -OCH3 is 1. The number of hydrogen-bond acceptors (Lipinski definition) is 6. The van der Waals surface area contributed by atoms with Crippen molar-refractivity contribution in [1.82, 2.24) is 5.32 Å². The van der Waals surface area contributed by atoms with Crippen LogP contribution in [0, 0.1) is 0 Å². The van der Waals surface area contributed by atoms with E-state index in [1.807, 2.05) is 30.3 Å². The van der Waals surface area contributed by atoms with Crippen LogP contribution in [0.25, 0.3) is 0 Å². The Kier molecular flexibility index (Phi) is 7.17. The van der Waals surface area contributed by atoms with Gasteiger partial charge in [0.2, 0.25) is 0 Å². The molecular formula is C19H23NO5S. The smallest absolute Gasteiger partial charge is 0.307 e. The van der Waals surface area contributed by atoms with E-state index in [1.165, 1.54) is 7.11 Å². The summed E-state index contributed by atoms with van der Waals surface area (Å²) < 4.78 is 31.9. The molecule has 1 atom stereocenters. The van der Waals surface area contributed by atoms with Crippen molar-refractivity contribution in [2.45, 2.75) is 25.4 Å². The average Bonchev–Trinajstić information content (AvgIpc) is 2.61. The Labute approximate surface area is 154 Å². The molecule has 0 saturated carbocycles. The van der Waals surface area contributed by atoms with Gasteiger partial charge in [0, 0.05) is 12.6 Å². The largest absolute Gasteiger partial charge is 0.469 e. The Morgan fingerprint density at radius 2 is 1.69 bits per heavy atom. The summed E-state index contributed by atoms with van der Waals surface area (Å²) in [5.41, 5.74) is 2.08. The summed E-state index contributed by atoms with van der Waals surface area (Å²) in [6.07, 6.45) is 1.84. The lowest BCUT2D eigenvalue weighted by Gasteiger charge is -2.18. The van der Waals surface area contributed by atoms with Crippen LogP contribution in [-0.4, -0.2) is 33.8 Å². The first kappa shape index (κ1) is 19.9. The number of rotatable bonds is 9. The highest BCUT2D eigenvalue weighted by atomic mass is 32.2. The van der Waals surface area contributed by atoms with Crippen molar-refractivity contribution in [3.05, 3.63) is 65.7 Å². The van der Waals surface area contributed by atoms with Gasteiger partial charge in [0.1, 0.15) is 5.75 Å². The molecule has 0 spiro atoms. The van der Waals surface area contributed by atoms with Crippen LogP contribution in [-0.2, 0) is 32.6 Å². The summed E-state index contributed by atoms with van der Waals surface area (Å²) in [6, 6.07) is 16.6. The van der Waals surface area contributed by atoms with E-state index < -0.39 is 10.1 Å². The van der Waals surface area contributed by atoms with Crippen LogP contribution in [0.1, 0.15) is 17.5 Å². The van der Waals surface area contributed by atoms with Crippen molar-refractivity contribution in [3.8, 4) is 5.75 Å². The topological polar surface area (TPSA) is 81.7 Å². The molecule has 7 heteroatoms. The quantitative estimate of drug-likeness (QED) is 0.533. The molecule has 0 aliphatic carbocycles. The molecule has 1 unspecified atom stereocenters. The molecule has 0 heterocycles. The van der Waals surface area contributed by atoms with E-state index in [0.717, 1.165) is 17.4 Å². The summed E-state index contributed by atoms with van der Waals surface area (Å²) >= 11 is 0. The first-order chi connectivity index (χ1) is 12.4. The van der Waals surface area contributed by atoms with Gasteiger partial charge in [0.25, 0.3) is 0 Å². The van der Waals surface area contributed by atoms with Gasteiger partial charge in [0.15, 0.2) is 0 Å². The van der Waals surface area contributed by atoms with Gasteiger partial charge in [-0.05, 0) is 29.7 Å². The fourth-order valence-corrected chi connectivity index (χ4v) is 2.96. The molecule has 0 saturated heterocycles. The van der Waals surface area contributed by atoms with Gasteiger partial charge in [-0.2, -0.15) is 8.42 Å². The van der Waals surface area contributed by atoms with Gasteiger partial charge in [0.05, 0.1) is 19.8 Å². The second-order valence-corrected chi connectivity index (χ2v) is 7.55. The number of benzene rings is 2. The minimum Gasteiger partial charge on any atom is -0.469 e. The number of esters is 1. The molecule has 0 fully saturated rings. The number of carbonyl (C=O) groups excluding carboxylic acids is 1. The second kappa shape index (κ2) is 9.35. The van der Waals surface area contributed by atoms with E-state index >= 15 is 0 Å². The molecule has 0 radical (unpaired) electrons. The fourth-order valence-electron chi connectivity index (χ4n) is 2.50. The van der Waals surface area contributed by atoms with Crippen LogP contribution in [0.5, 0.6) is 5.75 Å².